The molecule has 2 N–H and O–H groups in total. The fourth-order valence-electron chi connectivity index (χ4n) is 1.17. The number of anilines is 1. The van der Waals surface area contributed by atoms with Gasteiger partial charge in [0.25, 0.3) is 5.56 Å². The fraction of sp³-hybridized carbons (Fsp3) is 0.400. The Kier molecular flexibility index (Phi) is 3.49. The molecule has 5 nitrogen and oxygen atoms in total. The molecule has 0 atom stereocenters. The predicted molar refractivity (Wildman–Crippen MR) is 58.4 cm³/mol. The molecule has 5 heteroatoms. The topological polar surface area (TPSA) is 68.3 Å². The molecule has 0 aliphatic heterocycles. The first-order valence-corrected chi connectivity index (χ1v) is 4.67. The zero-order chi connectivity index (χ0) is 11.4. The number of aromatic nitrogens is 1. The van der Waals surface area contributed by atoms with Crippen molar-refractivity contribution in [2.24, 2.45) is 0 Å². The van der Waals surface area contributed by atoms with Gasteiger partial charge in [0.05, 0.1) is 5.69 Å². The summed E-state index contributed by atoms with van der Waals surface area (Å²) in [5.41, 5.74) is 5.42. The van der Waals surface area contributed by atoms with Gasteiger partial charge in [0.15, 0.2) is 0 Å². The zero-order valence-corrected chi connectivity index (χ0v) is 8.93. The average Bonchev–Trinajstić information content (AvgIpc) is 2.19. The number of carbonyl (C=O) groups is 1. The van der Waals surface area contributed by atoms with Gasteiger partial charge in [-0.15, -0.1) is 0 Å². The SMILES string of the molecule is CN(C)C(=O)CCn1cccc(N)c1=O. The van der Waals surface area contributed by atoms with Gasteiger partial charge in [-0.2, -0.15) is 0 Å². The van der Waals surface area contributed by atoms with E-state index in [0.717, 1.165) is 0 Å². The molecule has 0 unspecified atom stereocenters. The molecule has 0 saturated heterocycles. The van der Waals surface area contributed by atoms with E-state index in [2.05, 4.69) is 0 Å². The number of pyridine rings is 1. The lowest BCUT2D eigenvalue weighted by Crippen LogP contribution is -2.27. The monoisotopic (exact) mass is 209 g/mol. The molecule has 0 fully saturated rings. The van der Waals surface area contributed by atoms with Crippen molar-refractivity contribution in [3.63, 3.8) is 0 Å². The number of nitrogens with two attached hydrogens (primary N) is 1. The van der Waals surface area contributed by atoms with Gasteiger partial charge in [-0.25, -0.2) is 0 Å². The van der Waals surface area contributed by atoms with Crippen LogP contribution in [0.4, 0.5) is 5.69 Å². The molecule has 1 rings (SSSR count). The van der Waals surface area contributed by atoms with Gasteiger partial charge in [0.1, 0.15) is 0 Å². The third-order valence-electron chi connectivity index (χ3n) is 2.11. The molecule has 0 spiro atoms. The minimum atomic E-state index is -0.246. The minimum absolute atomic E-state index is 0.00988. The second-order valence-electron chi connectivity index (χ2n) is 3.50. The number of nitrogen functional groups attached to an aromatic ring is 1. The number of carbonyl (C=O) groups excluding carboxylic acids is 1. The van der Waals surface area contributed by atoms with E-state index < -0.39 is 0 Å². The number of nitrogens with zero attached hydrogens (tertiary/aromatic N) is 2. The Bertz CT molecular complexity index is 409. The maximum Gasteiger partial charge on any atom is 0.273 e. The third kappa shape index (κ3) is 2.83. The maximum atomic E-state index is 11.5. The van der Waals surface area contributed by atoms with Gasteiger partial charge in [0, 0.05) is 33.3 Å². The maximum absolute atomic E-state index is 11.5. The van der Waals surface area contributed by atoms with E-state index in [9.17, 15) is 9.59 Å². The van der Waals surface area contributed by atoms with Crippen LogP contribution >= 0.6 is 0 Å². The Balaban J connectivity index is 2.70. The minimum Gasteiger partial charge on any atom is -0.394 e. The lowest BCUT2D eigenvalue weighted by molar-refractivity contribution is -0.128. The smallest absolute Gasteiger partial charge is 0.273 e. The van der Waals surface area contributed by atoms with Crippen LogP contribution in [0.1, 0.15) is 6.42 Å². The molecule has 0 aliphatic rings. The second kappa shape index (κ2) is 4.63. The van der Waals surface area contributed by atoms with Gasteiger partial charge in [-0.3, -0.25) is 9.59 Å². The summed E-state index contributed by atoms with van der Waals surface area (Å²) < 4.78 is 1.44. The molecule has 1 amide bonds. The summed E-state index contributed by atoms with van der Waals surface area (Å²) in [6, 6.07) is 3.24. The number of amides is 1. The van der Waals surface area contributed by atoms with E-state index in [0.29, 0.717) is 13.0 Å². The van der Waals surface area contributed by atoms with Crippen LogP contribution in [0, 0.1) is 0 Å². The molecular weight excluding hydrogens is 194 g/mol. The van der Waals surface area contributed by atoms with Crippen LogP contribution in [-0.4, -0.2) is 29.5 Å². The van der Waals surface area contributed by atoms with Gasteiger partial charge < -0.3 is 15.2 Å². The van der Waals surface area contributed by atoms with Crippen LogP contribution in [0.2, 0.25) is 0 Å². The van der Waals surface area contributed by atoms with Crippen molar-refractivity contribution in [2.45, 2.75) is 13.0 Å². The van der Waals surface area contributed by atoms with Gasteiger partial charge in [-0.05, 0) is 12.1 Å². The highest BCUT2D eigenvalue weighted by Crippen LogP contribution is 1.95. The number of rotatable bonds is 3. The Morgan fingerprint density at radius 3 is 2.80 bits per heavy atom. The first-order valence-electron chi connectivity index (χ1n) is 4.67. The Morgan fingerprint density at radius 1 is 1.53 bits per heavy atom. The van der Waals surface area contributed by atoms with Crippen molar-refractivity contribution < 1.29 is 4.79 Å². The molecule has 82 valence electrons. The van der Waals surface area contributed by atoms with Crippen molar-refractivity contribution in [2.75, 3.05) is 19.8 Å². The molecule has 15 heavy (non-hydrogen) atoms. The number of aryl methyl sites for hydroxylation is 1. The summed E-state index contributed by atoms with van der Waals surface area (Å²) in [5.74, 6) is -0.00988. The van der Waals surface area contributed by atoms with Crippen molar-refractivity contribution in [3.05, 3.63) is 28.7 Å². The molecule has 1 aromatic heterocycles. The normalized spacial score (nSPS) is 10.0. The van der Waals surface area contributed by atoms with Crippen LogP contribution in [0.5, 0.6) is 0 Å². The standard InChI is InChI=1S/C10H15N3O2/c1-12(2)9(14)5-7-13-6-3-4-8(11)10(13)15/h3-4,6H,5,7,11H2,1-2H3. The first kappa shape index (κ1) is 11.3. The number of hydrogen-bond donors (Lipinski definition) is 1. The molecular formula is C10H15N3O2. The summed E-state index contributed by atoms with van der Waals surface area (Å²) in [6.45, 7) is 0.362. The van der Waals surface area contributed by atoms with Crippen molar-refractivity contribution in [3.8, 4) is 0 Å². The number of hydrogen-bond acceptors (Lipinski definition) is 3. The van der Waals surface area contributed by atoms with Gasteiger partial charge >= 0.3 is 0 Å². The lowest BCUT2D eigenvalue weighted by Gasteiger charge is -2.11. The highest BCUT2D eigenvalue weighted by Gasteiger charge is 2.05. The molecule has 1 heterocycles. The van der Waals surface area contributed by atoms with E-state index in [1.54, 1.807) is 32.4 Å². The van der Waals surface area contributed by atoms with E-state index in [1.165, 1.54) is 9.47 Å². The summed E-state index contributed by atoms with van der Waals surface area (Å²) in [5, 5.41) is 0. The van der Waals surface area contributed by atoms with Crippen molar-refractivity contribution in [1.82, 2.24) is 9.47 Å². The van der Waals surface area contributed by atoms with Gasteiger partial charge in [-0.1, -0.05) is 0 Å². The zero-order valence-electron chi connectivity index (χ0n) is 8.93. The quantitative estimate of drug-likeness (QED) is 0.756. The lowest BCUT2D eigenvalue weighted by atomic mass is 10.3. The van der Waals surface area contributed by atoms with Crippen LogP contribution in [0.25, 0.3) is 0 Å². The van der Waals surface area contributed by atoms with Crippen LogP contribution in [0.15, 0.2) is 23.1 Å². The second-order valence-corrected chi connectivity index (χ2v) is 3.50. The van der Waals surface area contributed by atoms with Crippen molar-refractivity contribution in [1.29, 1.82) is 0 Å². The largest absolute Gasteiger partial charge is 0.394 e. The molecule has 0 aliphatic carbocycles. The summed E-state index contributed by atoms with van der Waals surface area (Å²) in [7, 11) is 3.37. The Morgan fingerprint density at radius 2 is 2.20 bits per heavy atom. The predicted octanol–water partition coefficient (Wildman–Crippen LogP) is -0.0912. The Labute approximate surface area is 88.1 Å². The highest BCUT2D eigenvalue weighted by molar-refractivity contribution is 5.75. The summed E-state index contributed by atoms with van der Waals surface area (Å²) in [6.07, 6.45) is 1.93. The summed E-state index contributed by atoms with van der Waals surface area (Å²) in [4.78, 5) is 24.3. The van der Waals surface area contributed by atoms with Crippen LogP contribution in [-0.2, 0) is 11.3 Å². The molecule has 0 aromatic carbocycles. The molecule has 0 bridgehead atoms. The molecule has 1 aromatic rings. The summed E-state index contributed by atoms with van der Waals surface area (Å²) >= 11 is 0. The van der Waals surface area contributed by atoms with Crippen molar-refractivity contribution >= 4 is 11.6 Å². The van der Waals surface area contributed by atoms with E-state index in [4.69, 9.17) is 5.73 Å². The van der Waals surface area contributed by atoms with E-state index in [1.807, 2.05) is 0 Å². The van der Waals surface area contributed by atoms with E-state index in [-0.39, 0.29) is 17.2 Å². The highest BCUT2D eigenvalue weighted by atomic mass is 16.2. The average molecular weight is 209 g/mol. The van der Waals surface area contributed by atoms with Crippen LogP contribution in [0.3, 0.4) is 0 Å². The fourth-order valence-corrected chi connectivity index (χ4v) is 1.17. The molecule has 0 radical (unpaired) electrons. The first-order chi connectivity index (χ1) is 7.02. The van der Waals surface area contributed by atoms with Crippen LogP contribution < -0.4 is 11.3 Å². The molecule has 0 saturated carbocycles. The Hall–Kier alpha value is -1.78. The third-order valence-corrected chi connectivity index (χ3v) is 2.11. The van der Waals surface area contributed by atoms with E-state index >= 15 is 0 Å². The van der Waals surface area contributed by atoms with Gasteiger partial charge in [0.2, 0.25) is 5.91 Å².